The molecule has 1 aromatic rings. The van der Waals surface area contributed by atoms with Crippen molar-refractivity contribution in [2.45, 2.75) is 38.2 Å². The molecule has 19 heavy (non-hydrogen) atoms. The lowest BCUT2D eigenvalue weighted by atomic mass is 10.2. The monoisotopic (exact) mass is 283 g/mol. The zero-order valence-corrected chi connectivity index (χ0v) is 12.5. The second kappa shape index (κ2) is 6.70. The minimum absolute atomic E-state index is 0.102. The van der Waals surface area contributed by atoms with Crippen LogP contribution in [0.1, 0.15) is 31.4 Å². The summed E-state index contributed by atoms with van der Waals surface area (Å²) < 4.78 is 24.3. The van der Waals surface area contributed by atoms with Crippen LogP contribution in [0.15, 0.2) is 24.3 Å². The van der Waals surface area contributed by atoms with Gasteiger partial charge in [0.1, 0.15) is 5.25 Å². The number of hydrogen-bond donors (Lipinski definition) is 1. The van der Waals surface area contributed by atoms with Crippen LogP contribution < -0.4 is 5.32 Å². The predicted octanol–water partition coefficient (Wildman–Crippen LogP) is 1.82. The van der Waals surface area contributed by atoms with E-state index in [1.807, 2.05) is 32.0 Å². The van der Waals surface area contributed by atoms with E-state index in [9.17, 15) is 13.2 Å². The Morgan fingerprint density at radius 3 is 2.63 bits per heavy atom. The molecule has 1 rings (SSSR count). The number of benzene rings is 1. The van der Waals surface area contributed by atoms with Crippen LogP contribution >= 0.6 is 0 Å². The standard InChI is InChI=1S/C14H21NO3S/c1-4-8-15-14(16)12(3)19(17,18)10-13-7-5-6-11(2)9-13/h5-7,9,12H,4,8,10H2,1-3H3,(H,15,16). The maximum Gasteiger partial charge on any atom is 0.238 e. The van der Waals surface area contributed by atoms with Gasteiger partial charge in [0.2, 0.25) is 5.91 Å². The van der Waals surface area contributed by atoms with Gasteiger partial charge in [-0.25, -0.2) is 8.42 Å². The number of sulfone groups is 1. The molecule has 1 aromatic carbocycles. The van der Waals surface area contributed by atoms with E-state index in [0.717, 1.165) is 17.5 Å². The summed E-state index contributed by atoms with van der Waals surface area (Å²) >= 11 is 0. The van der Waals surface area contributed by atoms with E-state index in [4.69, 9.17) is 0 Å². The van der Waals surface area contributed by atoms with E-state index in [-0.39, 0.29) is 5.75 Å². The Morgan fingerprint density at radius 2 is 2.05 bits per heavy atom. The van der Waals surface area contributed by atoms with Crippen LogP contribution in [-0.2, 0) is 20.4 Å². The first kappa shape index (κ1) is 15.7. The SMILES string of the molecule is CCCNC(=O)C(C)S(=O)(=O)Cc1cccc(C)c1. The lowest BCUT2D eigenvalue weighted by Gasteiger charge is -2.13. The summed E-state index contributed by atoms with van der Waals surface area (Å²) in [5.41, 5.74) is 1.73. The molecule has 1 N–H and O–H groups in total. The van der Waals surface area contributed by atoms with Crippen molar-refractivity contribution in [2.24, 2.45) is 0 Å². The van der Waals surface area contributed by atoms with Crippen LogP contribution in [-0.4, -0.2) is 26.1 Å². The topological polar surface area (TPSA) is 63.2 Å². The highest BCUT2D eigenvalue weighted by Gasteiger charge is 2.27. The second-order valence-electron chi connectivity index (χ2n) is 4.73. The average molecular weight is 283 g/mol. The van der Waals surface area contributed by atoms with Gasteiger partial charge in [0.15, 0.2) is 9.84 Å². The van der Waals surface area contributed by atoms with Gasteiger partial charge in [0, 0.05) is 6.54 Å². The summed E-state index contributed by atoms with van der Waals surface area (Å²) in [4.78, 5) is 11.7. The van der Waals surface area contributed by atoms with Crippen LogP contribution in [0.4, 0.5) is 0 Å². The third-order valence-corrected chi connectivity index (χ3v) is 4.93. The zero-order chi connectivity index (χ0) is 14.5. The number of hydrogen-bond acceptors (Lipinski definition) is 3. The molecule has 1 atom stereocenters. The quantitative estimate of drug-likeness (QED) is 0.866. The predicted molar refractivity (Wildman–Crippen MR) is 76.6 cm³/mol. The van der Waals surface area contributed by atoms with E-state index in [1.54, 1.807) is 6.07 Å². The van der Waals surface area contributed by atoms with Crippen LogP contribution in [0, 0.1) is 6.92 Å². The maximum atomic E-state index is 12.2. The zero-order valence-electron chi connectivity index (χ0n) is 11.6. The Bertz CT molecular complexity index is 537. The first-order valence-electron chi connectivity index (χ1n) is 6.41. The summed E-state index contributed by atoms with van der Waals surface area (Å²) in [5, 5.41) is 1.60. The van der Waals surface area contributed by atoms with Crippen molar-refractivity contribution in [1.82, 2.24) is 5.32 Å². The van der Waals surface area contributed by atoms with Gasteiger partial charge >= 0.3 is 0 Å². The van der Waals surface area contributed by atoms with Crippen molar-refractivity contribution in [1.29, 1.82) is 0 Å². The Morgan fingerprint density at radius 1 is 1.37 bits per heavy atom. The molecule has 1 unspecified atom stereocenters. The molecule has 0 saturated heterocycles. The molecular weight excluding hydrogens is 262 g/mol. The third-order valence-electron chi connectivity index (χ3n) is 2.91. The van der Waals surface area contributed by atoms with Gasteiger partial charge in [-0.15, -0.1) is 0 Å². The molecule has 0 aliphatic heterocycles. The van der Waals surface area contributed by atoms with Crippen molar-refractivity contribution in [3.8, 4) is 0 Å². The summed E-state index contributed by atoms with van der Waals surface area (Å²) in [6.07, 6.45) is 0.788. The summed E-state index contributed by atoms with van der Waals surface area (Å²) in [5.74, 6) is -0.524. The number of aryl methyl sites for hydroxylation is 1. The molecule has 0 fully saturated rings. The normalized spacial score (nSPS) is 13.0. The average Bonchev–Trinajstić information content (AvgIpc) is 2.34. The van der Waals surface area contributed by atoms with Crippen LogP contribution in [0.25, 0.3) is 0 Å². The van der Waals surface area contributed by atoms with E-state index >= 15 is 0 Å². The molecule has 0 heterocycles. The molecule has 1 amide bonds. The number of rotatable bonds is 6. The maximum absolute atomic E-state index is 12.2. The summed E-state index contributed by atoms with van der Waals surface area (Å²) in [6, 6.07) is 7.32. The van der Waals surface area contributed by atoms with Gasteiger partial charge in [-0.3, -0.25) is 4.79 Å². The van der Waals surface area contributed by atoms with Gasteiger partial charge in [-0.2, -0.15) is 0 Å². The molecule has 4 nitrogen and oxygen atoms in total. The molecule has 0 aliphatic rings. The van der Waals surface area contributed by atoms with Crippen molar-refractivity contribution >= 4 is 15.7 Å². The lowest BCUT2D eigenvalue weighted by Crippen LogP contribution is -2.38. The molecule has 0 radical (unpaired) electrons. The number of carbonyl (C=O) groups excluding carboxylic acids is 1. The van der Waals surface area contributed by atoms with Crippen LogP contribution in [0.2, 0.25) is 0 Å². The number of amides is 1. The van der Waals surface area contributed by atoms with Gasteiger partial charge in [0.05, 0.1) is 5.75 Å². The van der Waals surface area contributed by atoms with Crippen molar-refractivity contribution in [2.75, 3.05) is 6.54 Å². The van der Waals surface area contributed by atoms with Crippen LogP contribution in [0.5, 0.6) is 0 Å². The Kier molecular flexibility index (Phi) is 5.54. The van der Waals surface area contributed by atoms with Crippen molar-refractivity contribution in [3.05, 3.63) is 35.4 Å². The first-order valence-corrected chi connectivity index (χ1v) is 8.13. The fraction of sp³-hybridized carbons (Fsp3) is 0.500. The molecule has 0 aromatic heterocycles. The van der Waals surface area contributed by atoms with Gasteiger partial charge < -0.3 is 5.32 Å². The number of nitrogens with one attached hydrogen (secondary N) is 1. The van der Waals surface area contributed by atoms with Gasteiger partial charge in [0.25, 0.3) is 0 Å². The highest BCUT2D eigenvalue weighted by molar-refractivity contribution is 7.92. The van der Waals surface area contributed by atoms with Crippen molar-refractivity contribution < 1.29 is 13.2 Å². The molecule has 0 saturated carbocycles. The minimum atomic E-state index is -3.47. The molecular formula is C14H21NO3S. The highest BCUT2D eigenvalue weighted by Crippen LogP contribution is 2.13. The smallest absolute Gasteiger partial charge is 0.238 e. The molecule has 0 spiro atoms. The molecule has 0 aliphatic carbocycles. The fourth-order valence-electron chi connectivity index (χ4n) is 1.71. The van der Waals surface area contributed by atoms with E-state index in [1.165, 1.54) is 6.92 Å². The molecule has 5 heteroatoms. The third kappa shape index (κ3) is 4.67. The van der Waals surface area contributed by atoms with E-state index < -0.39 is 21.0 Å². The first-order chi connectivity index (χ1) is 8.86. The Balaban J connectivity index is 2.78. The van der Waals surface area contributed by atoms with Gasteiger partial charge in [-0.1, -0.05) is 36.8 Å². The molecule has 106 valence electrons. The Hall–Kier alpha value is -1.36. The van der Waals surface area contributed by atoms with Gasteiger partial charge in [-0.05, 0) is 25.8 Å². The molecule has 0 bridgehead atoms. The van der Waals surface area contributed by atoms with E-state index in [0.29, 0.717) is 6.54 Å². The van der Waals surface area contributed by atoms with Crippen LogP contribution in [0.3, 0.4) is 0 Å². The largest absolute Gasteiger partial charge is 0.355 e. The van der Waals surface area contributed by atoms with E-state index in [2.05, 4.69) is 5.32 Å². The lowest BCUT2D eigenvalue weighted by molar-refractivity contribution is -0.120. The number of carbonyl (C=O) groups is 1. The summed E-state index contributed by atoms with van der Waals surface area (Å²) in [6.45, 7) is 5.78. The minimum Gasteiger partial charge on any atom is -0.355 e. The summed E-state index contributed by atoms with van der Waals surface area (Å²) in [7, 11) is -3.47. The second-order valence-corrected chi connectivity index (χ2v) is 7.05. The fourth-order valence-corrected chi connectivity index (χ4v) is 3.02. The highest BCUT2D eigenvalue weighted by atomic mass is 32.2. The van der Waals surface area contributed by atoms with Crippen molar-refractivity contribution in [3.63, 3.8) is 0 Å². The Labute approximate surface area is 115 Å².